The molecule has 2 aromatic carbocycles. The summed E-state index contributed by atoms with van der Waals surface area (Å²) in [6, 6.07) is 19.0. The van der Waals surface area contributed by atoms with E-state index >= 15 is 0 Å². The van der Waals surface area contributed by atoms with Gasteiger partial charge >= 0.3 is 0 Å². The molecule has 2 heteroatoms. The summed E-state index contributed by atoms with van der Waals surface area (Å²) >= 11 is 0. The van der Waals surface area contributed by atoms with Crippen LogP contribution in [0.5, 0.6) is 0 Å². The Balaban J connectivity index is 2.12. The van der Waals surface area contributed by atoms with Crippen LogP contribution in [0.3, 0.4) is 0 Å². The van der Waals surface area contributed by atoms with Crippen LogP contribution < -0.4 is 4.90 Å². The van der Waals surface area contributed by atoms with Crippen LogP contribution >= 0.6 is 0 Å². The maximum Gasteiger partial charge on any atom is 0.214 e. The van der Waals surface area contributed by atoms with Gasteiger partial charge in [-0.25, -0.2) is 0 Å². The number of nitrogens with zero attached hydrogens (tertiary/aromatic N) is 1. The molecule has 1 aliphatic rings. The van der Waals surface area contributed by atoms with Gasteiger partial charge in [-0.1, -0.05) is 75.2 Å². The van der Waals surface area contributed by atoms with Crippen molar-refractivity contribution in [3.8, 4) is 0 Å². The topological polar surface area (TPSA) is 20.3 Å². The summed E-state index contributed by atoms with van der Waals surface area (Å²) in [6.07, 6.45) is 6.53. The van der Waals surface area contributed by atoms with Gasteiger partial charge in [-0.3, -0.25) is 4.79 Å². The number of para-hydroxylation sites is 1. The van der Waals surface area contributed by atoms with Crippen molar-refractivity contribution >= 4 is 12.1 Å². The molecule has 3 rings (SSSR count). The van der Waals surface area contributed by atoms with E-state index < -0.39 is 0 Å². The SMILES string of the molecule is CCC(C)c1ccccc1N(C=O)C1(c2ccccc2)CCCC1. The predicted molar refractivity (Wildman–Crippen MR) is 100 cm³/mol. The first kappa shape index (κ1) is 16.8. The van der Waals surface area contributed by atoms with E-state index in [0.717, 1.165) is 31.4 Å². The number of hydrogen-bond donors (Lipinski definition) is 0. The number of rotatable bonds is 6. The lowest BCUT2D eigenvalue weighted by molar-refractivity contribution is -0.108. The van der Waals surface area contributed by atoms with E-state index in [-0.39, 0.29) is 5.54 Å². The molecule has 0 radical (unpaired) electrons. The molecule has 1 aliphatic carbocycles. The van der Waals surface area contributed by atoms with Crippen LogP contribution in [0.4, 0.5) is 5.69 Å². The molecule has 0 N–H and O–H groups in total. The van der Waals surface area contributed by atoms with Crippen LogP contribution in [0.15, 0.2) is 54.6 Å². The third-order valence-electron chi connectivity index (χ3n) is 5.65. The molecule has 1 saturated carbocycles. The zero-order chi connectivity index (χ0) is 17.0. The highest BCUT2D eigenvalue weighted by Crippen LogP contribution is 2.46. The lowest BCUT2D eigenvalue weighted by atomic mass is 9.85. The van der Waals surface area contributed by atoms with Crippen molar-refractivity contribution in [3.63, 3.8) is 0 Å². The van der Waals surface area contributed by atoms with Gasteiger partial charge < -0.3 is 4.90 Å². The first-order valence-corrected chi connectivity index (χ1v) is 9.12. The van der Waals surface area contributed by atoms with E-state index in [9.17, 15) is 4.79 Å². The first-order chi connectivity index (χ1) is 11.7. The van der Waals surface area contributed by atoms with Gasteiger partial charge in [-0.05, 0) is 42.4 Å². The molecule has 24 heavy (non-hydrogen) atoms. The van der Waals surface area contributed by atoms with E-state index in [0.29, 0.717) is 5.92 Å². The molecule has 1 atom stereocenters. The van der Waals surface area contributed by atoms with Crippen LogP contribution in [0.1, 0.15) is 63.0 Å². The quantitative estimate of drug-likeness (QED) is 0.631. The van der Waals surface area contributed by atoms with Gasteiger partial charge in [0.2, 0.25) is 6.41 Å². The highest BCUT2D eigenvalue weighted by atomic mass is 16.1. The van der Waals surface area contributed by atoms with Crippen molar-refractivity contribution < 1.29 is 4.79 Å². The largest absolute Gasteiger partial charge is 0.304 e. The maximum absolute atomic E-state index is 12.3. The van der Waals surface area contributed by atoms with Crippen LogP contribution in [-0.4, -0.2) is 6.41 Å². The van der Waals surface area contributed by atoms with E-state index in [2.05, 4.69) is 56.3 Å². The van der Waals surface area contributed by atoms with Crippen molar-refractivity contribution in [1.29, 1.82) is 0 Å². The lowest BCUT2D eigenvalue weighted by Gasteiger charge is -2.41. The number of hydrogen-bond acceptors (Lipinski definition) is 1. The molecule has 2 aromatic rings. The van der Waals surface area contributed by atoms with E-state index in [1.165, 1.54) is 24.0 Å². The molecule has 1 fully saturated rings. The second-order valence-corrected chi connectivity index (χ2v) is 6.95. The molecular formula is C22H27NO. The second-order valence-electron chi connectivity index (χ2n) is 6.95. The normalized spacial score (nSPS) is 17.4. The molecule has 126 valence electrons. The van der Waals surface area contributed by atoms with Crippen molar-refractivity contribution in [3.05, 3.63) is 65.7 Å². The zero-order valence-corrected chi connectivity index (χ0v) is 14.7. The molecule has 0 aliphatic heterocycles. The third-order valence-corrected chi connectivity index (χ3v) is 5.65. The number of amides is 1. The molecule has 1 amide bonds. The number of anilines is 1. The molecule has 2 nitrogen and oxygen atoms in total. The average molecular weight is 321 g/mol. The Morgan fingerprint density at radius 3 is 2.29 bits per heavy atom. The van der Waals surface area contributed by atoms with Gasteiger partial charge in [-0.15, -0.1) is 0 Å². The summed E-state index contributed by atoms with van der Waals surface area (Å²) in [5.74, 6) is 0.442. The Morgan fingerprint density at radius 1 is 1.04 bits per heavy atom. The Labute approximate surface area is 145 Å². The van der Waals surface area contributed by atoms with E-state index in [1.807, 2.05) is 17.0 Å². The Morgan fingerprint density at radius 2 is 1.67 bits per heavy atom. The number of benzene rings is 2. The molecule has 0 bridgehead atoms. The molecular weight excluding hydrogens is 294 g/mol. The van der Waals surface area contributed by atoms with Crippen LogP contribution in [0.2, 0.25) is 0 Å². The fourth-order valence-electron chi connectivity index (χ4n) is 4.11. The van der Waals surface area contributed by atoms with Crippen LogP contribution in [0.25, 0.3) is 0 Å². The first-order valence-electron chi connectivity index (χ1n) is 9.12. The summed E-state index contributed by atoms with van der Waals surface area (Å²) in [4.78, 5) is 14.3. The Kier molecular flexibility index (Phi) is 5.03. The maximum atomic E-state index is 12.3. The van der Waals surface area contributed by atoms with Crippen LogP contribution in [0, 0.1) is 0 Å². The Hall–Kier alpha value is -2.09. The van der Waals surface area contributed by atoms with Crippen molar-refractivity contribution in [2.24, 2.45) is 0 Å². The van der Waals surface area contributed by atoms with Gasteiger partial charge in [0.15, 0.2) is 0 Å². The van der Waals surface area contributed by atoms with Gasteiger partial charge in [0, 0.05) is 5.69 Å². The standard InChI is InChI=1S/C22H27NO/c1-3-18(2)20-13-7-8-14-21(20)23(17-24)22(15-9-10-16-22)19-11-5-4-6-12-19/h4-8,11-14,17-18H,3,9-10,15-16H2,1-2H3. The highest BCUT2D eigenvalue weighted by Gasteiger charge is 2.42. The zero-order valence-electron chi connectivity index (χ0n) is 14.7. The third kappa shape index (κ3) is 2.86. The van der Waals surface area contributed by atoms with E-state index in [4.69, 9.17) is 0 Å². The minimum Gasteiger partial charge on any atom is -0.304 e. The summed E-state index contributed by atoms with van der Waals surface area (Å²) in [5.41, 5.74) is 3.41. The average Bonchev–Trinajstić information content (AvgIpc) is 3.14. The smallest absolute Gasteiger partial charge is 0.214 e. The van der Waals surface area contributed by atoms with Crippen molar-refractivity contribution in [2.45, 2.75) is 57.4 Å². The van der Waals surface area contributed by atoms with Crippen molar-refractivity contribution in [1.82, 2.24) is 0 Å². The van der Waals surface area contributed by atoms with Gasteiger partial charge in [0.1, 0.15) is 0 Å². The molecule has 0 spiro atoms. The minimum atomic E-state index is -0.202. The second kappa shape index (κ2) is 7.21. The number of carbonyl (C=O) groups is 1. The molecule has 0 saturated heterocycles. The van der Waals surface area contributed by atoms with Gasteiger partial charge in [-0.2, -0.15) is 0 Å². The predicted octanol–water partition coefficient (Wildman–Crippen LogP) is 5.63. The summed E-state index contributed by atoms with van der Waals surface area (Å²) in [5, 5.41) is 0. The molecule has 1 unspecified atom stereocenters. The van der Waals surface area contributed by atoms with E-state index in [1.54, 1.807) is 0 Å². The fourth-order valence-corrected chi connectivity index (χ4v) is 4.11. The fraction of sp³-hybridized carbons (Fsp3) is 0.409. The summed E-state index contributed by atoms with van der Waals surface area (Å²) in [6.45, 7) is 4.45. The van der Waals surface area contributed by atoms with Crippen LogP contribution in [-0.2, 0) is 10.3 Å². The lowest BCUT2D eigenvalue weighted by Crippen LogP contribution is -2.44. The highest BCUT2D eigenvalue weighted by molar-refractivity contribution is 5.80. The minimum absolute atomic E-state index is 0.202. The van der Waals surface area contributed by atoms with Gasteiger partial charge in [0.25, 0.3) is 0 Å². The van der Waals surface area contributed by atoms with Crippen molar-refractivity contribution in [2.75, 3.05) is 4.90 Å². The monoisotopic (exact) mass is 321 g/mol. The number of carbonyl (C=O) groups excluding carboxylic acids is 1. The molecule has 0 aromatic heterocycles. The van der Waals surface area contributed by atoms with Gasteiger partial charge in [0.05, 0.1) is 5.54 Å². The Bertz CT molecular complexity index is 673. The summed E-state index contributed by atoms with van der Waals surface area (Å²) < 4.78 is 0. The summed E-state index contributed by atoms with van der Waals surface area (Å²) in [7, 11) is 0. The molecule has 0 heterocycles.